The van der Waals surface area contributed by atoms with E-state index in [0.29, 0.717) is 0 Å². The molecule has 0 nitrogen and oxygen atoms in total. The van der Waals surface area contributed by atoms with E-state index < -0.39 is 0 Å². The predicted octanol–water partition coefficient (Wildman–Crippen LogP) is 8.30. The molecular weight excluding hydrogens is 389 g/mol. The first-order valence-corrected chi connectivity index (χ1v) is 11.3. The minimum absolute atomic E-state index is 1.09. The van der Waals surface area contributed by atoms with Crippen LogP contribution in [0.5, 0.6) is 0 Å². The molecule has 0 unspecified atom stereocenters. The number of fused-ring (bicyclic) bond motifs is 7. The summed E-state index contributed by atoms with van der Waals surface area (Å²) in [5, 5.41) is 5.50. The molecule has 0 atom stereocenters. The van der Waals surface area contributed by atoms with Crippen molar-refractivity contribution in [2.45, 2.75) is 11.1 Å². The molecule has 0 bridgehead atoms. The van der Waals surface area contributed by atoms with Gasteiger partial charge in [0.1, 0.15) is 0 Å². The SMILES string of the molecule is Cc1cc2cc3c(cc2s1)sc1c2cc4cc(S)sc4cc2sc31. The van der Waals surface area contributed by atoms with Gasteiger partial charge in [-0.2, -0.15) is 0 Å². The van der Waals surface area contributed by atoms with E-state index in [1.165, 1.54) is 54.6 Å². The van der Waals surface area contributed by atoms with Gasteiger partial charge in [0.25, 0.3) is 0 Å². The fraction of sp³-hybridized carbons (Fsp3) is 0.0526. The summed E-state index contributed by atoms with van der Waals surface area (Å²) < 4.78 is 9.51. The van der Waals surface area contributed by atoms with Gasteiger partial charge in [0, 0.05) is 34.4 Å². The lowest BCUT2D eigenvalue weighted by molar-refractivity contribution is 1.66. The second kappa shape index (κ2) is 4.74. The van der Waals surface area contributed by atoms with Crippen molar-refractivity contribution >= 4 is 108 Å². The van der Waals surface area contributed by atoms with Crippen molar-refractivity contribution in [3.05, 3.63) is 41.3 Å². The first-order valence-electron chi connectivity index (χ1n) is 7.57. The maximum atomic E-state index is 4.51. The van der Waals surface area contributed by atoms with Gasteiger partial charge in [-0.3, -0.25) is 0 Å². The van der Waals surface area contributed by atoms with Crippen LogP contribution in [0.25, 0.3) is 49.7 Å². The standard InChI is InChI=1S/C19H10S5/c1-8-2-9-3-11-15(6-13(9)21-8)23-19-12-4-10-5-17(20)22-14(10)7-16(12)24-18(11)19/h2-7,20H,1H3. The highest BCUT2D eigenvalue weighted by Gasteiger charge is 2.15. The van der Waals surface area contributed by atoms with Crippen LogP contribution in [0, 0.1) is 6.92 Å². The quantitative estimate of drug-likeness (QED) is 0.244. The second-order valence-corrected chi connectivity index (χ2v) is 11.3. The van der Waals surface area contributed by atoms with E-state index in [9.17, 15) is 0 Å². The minimum Gasteiger partial charge on any atom is -0.141 e. The third kappa shape index (κ3) is 1.85. The van der Waals surface area contributed by atoms with Gasteiger partial charge in [0.15, 0.2) is 0 Å². The molecular formula is C19H10S5. The van der Waals surface area contributed by atoms with Crippen LogP contribution in [0.3, 0.4) is 0 Å². The Kier molecular flexibility index (Phi) is 2.79. The number of benzene rings is 2. The fourth-order valence-corrected chi connectivity index (χ4v) is 8.48. The molecule has 4 aromatic heterocycles. The Bertz CT molecular complexity index is 1310. The van der Waals surface area contributed by atoms with E-state index in [1.54, 1.807) is 11.3 Å². The summed E-state index contributed by atoms with van der Waals surface area (Å²) in [6.07, 6.45) is 0. The smallest absolute Gasteiger partial charge is 0.0580 e. The van der Waals surface area contributed by atoms with Gasteiger partial charge in [-0.25, -0.2) is 0 Å². The van der Waals surface area contributed by atoms with Crippen molar-refractivity contribution in [1.29, 1.82) is 0 Å². The van der Waals surface area contributed by atoms with Crippen molar-refractivity contribution in [2.24, 2.45) is 0 Å². The van der Waals surface area contributed by atoms with Crippen LogP contribution in [0.15, 0.2) is 40.6 Å². The maximum Gasteiger partial charge on any atom is 0.0580 e. The molecule has 0 spiro atoms. The Morgan fingerprint density at radius 1 is 0.625 bits per heavy atom. The lowest BCUT2D eigenvalue weighted by atomic mass is 10.2. The van der Waals surface area contributed by atoms with E-state index in [1.807, 2.05) is 34.0 Å². The molecule has 0 radical (unpaired) electrons. The first kappa shape index (κ1) is 14.1. The van der Waals surface area contributed by atoms with Gasteiger partial charge in [-0.15, -0.1) is 58.0 Å². The van der Waals surface area contributed by atoms with Crippen LogP contribution in [0.4, 0.5) is 0 Å². The highest BCUT2D eigenvalue weighted by atomic mass is 32.2. The zero-order valence-electron chi connectivity index (χ0n) is 12.5. The van der Waals surface area contributed by atoms with Gasteiger partial charge < -0.3 is 0 Å². The van der Waals surface area contributed by atoms with Gasteiger partial charge in [-0.1, -0.05) is 0 Å². The van der Waals surface area contributed by atoms with Crippen molar-refractivity contribution in [2.75, 3.05) is 0 Å². The Hall–Kier alpha value is -1.11. The lowest BCUT2D eigenvalue weighted by Crippen LogP contribution is -1.63. The zero-order valence-corrected chi connectivity index (χ0v) is 16.7. The summed E-state index contributed by atoms with van der Waals surface area (Å²) in [5.41, 5.74) is 0. The van der Waals surface area contributed by atoms with Crippen molar-refractivity contribution < 1.29 is 0 Å². The third-order valence-electron chi connectivity index (χ3n) is 4.47. The van der Waals surface area contributed by atoms with E-state index in [2.05, 4.69) is 56.0 Å². The number of rotatable bonds is 0. The minimum atomic E-state index is 1.09. The summed E-state index contributed by atoms with van der Waals surface area (Å²) in [6, 6.07) is 13.9. The Morgan fingerprint density at radius 3 is 1.88 bits per heavy atom. The van der Waals surface area contributed by atoms with E-state index in [4.69, 9.17) is 0 Å². The fourth-order valence-electron chi connectivity index (χ4n) is 3.45. The second-order valence-electron chi connectivity index (χ2n) is 6.08. The Balaban J connectivity index is 1.79. The van der Waals surface area contributed by atoms with Crippen LogP contribution in [-0.2, 0) is 0 Å². The molecule has 24 heavy (non-hydrogen) atoms. The summed E-state index contributed by atoms with van der Waals surface area (Å²) in [4.78, 5) is 1.39. The van der Waals surface area contributed by atoms with Crippen molar-refractivity contribution in [1.82, 2.24) is 0 Å². The molecule has 2 aromatic carbocycles. The first-order chi connectivity index (χ1) is 11.7. The van der Waals surface area contributed by atoms with Crippen LogP contribution in [0.1, 0.15) is 4.88 Å². The zero-order chi connectivity index (χ0) is 16.0. The van der Waals surface area contributed by atoms with Gasteiger partial charge in [0.2, 0.25) is 0 Å². The van der Waals surface area contributed by atoms with Gasteiger partial charge >= 0.3 is 0 Å². The normalized spacial score (nSPS) is 12.6. The largest absolute Gasteiger partial charge is 0.141 e. The average Bonchev–Trinajstić information content (AvgIpc) is 3.23. The van der Waals surface area contributed by atoms with Crippen LogP contribution < -0.4 is 0 Å². The molecule has 6 aromatic rings. The predicted molar refractivity (Wildman–Crippen MR) is 117 cm³/mol. The van der Waals surface area contributed by atoms with Crippen LogP contribution in [-0.4, -0.2) is 0 Å². The molecule has 0 aliphatic heterocycles. The molecule has 0 aliphatic rings. The molecule has 0 saturated carbocycles. The third-order valence-corrected chi connectivity index (χ3v) is 9.28. The Labute approximate surface area is 159 Å². The van der Waals surface area contributed by atoms with Crippen LogP contribution >= 0.6 is 58.0 Å². The topological polar surface area (TPSA) is 0 Å². The number of hydrogen-bond donors (Lipinski definition) is 1. The molecule has 0 fully saturated rings. The molecule has 0 amide bonds. The molecule has 4 heterocycles. The van der Waals surface area contributed by atoms with Crippen molar-refractivity contribution in [3.63, 3.8) is 0 Å². The highest BCUT2D eigenvalue weighted by Crippen LogP contribution is 2.47. The Morgan fingerprint density at radius 2 is 1.21 bits per heavy atom. The van der Waals surface area contributed by atoms with Crippen molar-refractivity contribution in [3.8, 4) is 0 Å². The summed E-state index contributed by atoms with van der Waals surface area (Å²) in [7, 11) is 0. The summed E-state index contributed by atoms with van der Waals surface area (Å²) >= 11 is 12.0. The number of hydrogen-bond acceptors (Lipinski definition) is 5. The average molecular weight is 399 g/mol. The summed E-state index contributed by atoms with van der Waals surface area (Å²) in [5.74, 6) is 0. The number of aryl methyl sites for hydroxylation is 1. The molecule has 0 N–H and O–H groups in total. The maximum absolute atomic E-state index is 4.51. The van der Waals surface area contributed by atoms with E-state index in [-0.39, 0.29) is 0 Å². The van der Waals surface area contributed by atoms with Gasteiger partial charge in [0.05, 0.1) is 13.6 Å². The van der Waals surface area contributed by atoms with E-state index in [0.717, 1.165) is 4.21 Å². The van der Waals surface area contributed by atoms with Crippen LogP contribution in [0.2, 0.25) is 0 Å². The number of thiophene rings is 4. The molecule has 0 saturated heterocycles. The lowest BCUT2D eigenvalue weighted by Gasteiger charge is -1.92. The highest BCUT2D eigenvalue weighted by molar-refractivity contribution is 7.83. The van der Waals surface area contributed by atoms with Gasteiger partial charge in [-0.05, 0) is 54.1 Å². The molecule has 6 rings (SSSR count). The number of thiol groups is 1. The summed E-state index contributed by atoms with van der Waals surface area (Å²) in [6.45, 7) is 2.19. The van der Waals surface area contributed by atoms with E-state index >= 15 is 0 Å². The molecule has 5 heteroatoms. The molecule has 116 valence electrons. The monoisotopic (exact) mass is 398 g/mol. The molecule has 0 aliphatic carbocycles.